The average molecular weight is 563 g/mol. The topological polar surface area (TPSA) is 24.7 Å². The molecule has 44 heavy (non-hydrogen) atoms. The smallest absolute Gasteiger partial charge is 0.0675 e. The van der Waals surface area contributed by atoms with Gasteiger partial charge in [-0.25, -0.2) is 0 Å². The zero-order valence-electron chi connectivity index (χ0n) is 24.5. The predicted octanol–water partition coefficient (Wildman–Crippen LogP) is 10.3. The van der Waals surface area contributed by atoms with Crippen molar-refractivity contribution in [3.63, 3.8) is 0 Å². The summed E-state index contributed by atoms with van der Waals surface area (Å²) in [4.78, 5) is 10.2. The summed E-state index contributed by atoms with van der Waals surface area (Å²) in [7, 11) is 0. The minimum Gasteiger partial charge on any atom is -0.252 e. The van der Waals surface area contributed by atoms with Gasteiger partial charge in [0.1, 0.15) is 0 Å². The van der Waals surface area contributed by atoms with Crippen LogP contribution in [0.2, 0.25) is 0 Å². The fraction of sp³-hybridized carbons (Fsp3) is 0.143. The Balaban J connectivity index is 0.870. The zero-order chi connectivity index (χ0) is 28.8. The second-order valence-electron chi connectivity index (χ2n) is 12.9. The van der Waals surface area contributed by atoms with Crippen molar-refractivity contribution in [1.29, 1.82) is 0 Å². The van der Waals surface area contributed by atoms with E-state index in [0.717, 1.165) is 61.3 Å². The second-order valence-corrected chi connectivity index (χ2v) is 12.9. The van der Waals surface area contributed by atoms with Crippen molar-refractivity contribution in [3.05, 3.63) is 165 Å². The van der Waals surface area contributed by atoms with Gasteiger partial charge in [-0.1, -0.05) is 85.0 Å². The van der Waals surface area contributed by atoms with Gasteiger partial charge in [0, 0.05) is 12.8 Å². The van der Waals surface area contributed by atoms with Gasteiger partial charge in [-0.3, -0.25) is 9.98 Å². The molecule has 0 fully saturated rings. The molecule has 4 aliphatic carbocycles. The Bertz CT molecular complexity index is 2060. The first-order valence-corrected chi connectivity index (χ1v) is 15.8. The molecule has 0 saturated carbocycles. The highest BCUT2D eigenvalue weighted by Crippen LogP contribution is 2.41. The molecule has 0 radical (unpaired) electrons. The zero-order valence-corrected chi connectivity index (χ0v) is 24.5. The molecule has 0 unspecified atom stereocenters. The van der Waals surface area contributed by atoms with Crippen molar-refractivity contribution in [2.24, 2.45) is 9.98 Å². The van der Waals surface area contributed by atoms with Crippen LogP contribution in [-0.4, -0.2) is 11.4 Å². The minimum absolute atomic E-state index is 0.872. The summed E-state index contributed by atoms with van der Waals surface area (Å²) >= 11 is 0. The van der Waals surface area contributed by atoms with Crippen molar-refractivity contribution in [2.45, 2.75) is 38.5 Å². The number of benzene rings is 4. The molecule has 6 aliphatic rings. The van der Waals surface area contributed by atoms with Gasteiger partial charge in [0.05, 0.1) is 22.8 Å². The Morgan fingerprint density at radius 2 is 0.864 bits per heavy atom. The highest BCUT2D eigenvalue weighted by atomic mass is 14.8. The molecule has 4 aromatic carbocycles. The molecule has 0 atom stereocenters. The van der Waals surface area contributed by atoms with Gasteiger partial charge in [-0.2, -0.15) is 0 Å². The Morgan fingerprint density at radius 1 is 0.432 bits per heavy atom. The van der Waals surface area contributed by atoms with E-state index in [1.165, 1.54) is 77.6 Å². The third kappa shape index (κ3) is 3.87. The van der Waals surface area contributed by atoms with E-state index in [4.69, 9.17) is 9.98 Å². The molecule has 0 aromatic heterocycles. The van der Waals surface area contributed by atoms with Crippen molar-refractivity contribution in [1.82, 2.24) is 0 Å². The van der Waals surface area contributed by atoms with Gasteiger partial charge < -0.3 is 0 Å². The summed E-state index contributed by atoms with van der Waals surface area (Å²) in [5.74, 6) is 0. The third-order valence-corrected chi connectivity index (χ3v) is 10.2. The molecule has 0 amide bonds. The largest absolute Gasteiger partial charge is 0.252 e. The van der Waals surface area contributed by atoms with Gasteiger partial charge in [0.2, 0.25) is 0 Å². The molecular weight excluding hydrogens is 532 g/mol. The first kappa shape index (κ1) is 24.4. The Labute approximate surface area is 257 Å². The first-order valence-electron chi connectivity index (χ1n) is 15.8. The third-order valence-electron chi connectivity index (χ3n) is 10.2. The molecule has 0 spiro atoms. The molecule has 4 aromatic rings. The van der Waals surface area contributed by atoms with Crippen LogP contribution in [0, 0.1) is 0 Å². The van der Waals surface area contributed by atoms with Crippen LogP contribution in [0.5, 0.6) is 0 Å². The highest BCUT2D eigenvalue weighted by Gasteiger charge is 2.23. The number of hydrogen-bond donors (Lipinski definition) is 0. The van der Waals surface area contributed by atoms with Crippen molar-refractivity contribution in [3.8, 4) is 0 Å². The standard InChI is InChI=1S/C42H30N2/c1-3-29-15-33(16-30(29)4-1)25-7-11-27(12-8-25)39-23-37-19-35-22-42-38(20-36(35)21-41(37)43-39)24-40(44-42)28-13-9-26(10-14-28)34-17-31-5-2-6-32(31)18-34/h1-3,5,7-14,16,18-22H,4,6,15,17,23-24H2. The monoisotopic (exact) mass is 562 g/mol. The fourth-order valence-electron chi connectivity index (χ4n) is 7.81. The normalized spacial score (nSPS) is 19.0. The van der Waals surface area contributed by atoms with E-state index in [-0.39, 0.29) is 0 Å². The Hall–Kier alpha value is -5.08. The molecule has 2 aliphatic heterocycles. The number of allylic oxidation sites excluding steroid dienone is 12. The summed E-state index contributed by atoms with van der Waals surface area (Å²) in [6.45, 7) is 0. The lowest BCUT2D eigenvalue weighted by molar-refractivity contribution is 1.30. The number of fused-ring (bicyclic) bond motifs is 3. The lowest BCUT2D eigenvalue weighted by Crippen LogP contribution is -2.00. The quantitative estimate of drug-likeness (QED) is 0.236. The maximum Gasteiger partial charge on any atom is 0.0675 e. The van der Waals surface area contributed by atoms with E-state index in [1.54, 1.807) is 0 Å². The average Bonchev–Trinajstić information content (AvgIpc) is 3.87. The van der Waals surface area contributed by atoms with Gasteiger partial charge in [0.15, 0.2) is 0 Å². The van der Waals surface area contributed by atoms with Crippen LogP contribution in [0.25, 0.3) is 21.9 Å². The summed E-state index contributed by atoms with van der Waals surface area (Å²) in [6, 6.07) is 27.3. The molecule has 0 N–H and O–H groups in total. The lowest BCUT2D eigenvalue weighted by atomic mass is 9.96. The van der Waals surface area contributed by atoms with Gasteiger partial charge in [0.25, 0.3) is 0 Å². The van der Waals surface area contributed by atoms with Crippen molar-refractivity contribution < 1.29 is 0 Å². The number of hydrogen-bond acceptors (Lipinski definition) is 2. The van der Waals surface area contributed by atoms with E-state index in [0.29, 0.717) is 0 Å². The van der Waals surface area contributed by atoms with E-state index in [2.05, 4.69) is 109 Å². The molecule has 208 valence electrons. The summed E-state index contributed by atoms with van der Waals surface area (Å²) in [6.07, 6.45) is 19.9. The van der Waals surface area contributed by atoms with Crippen LogP contribution in [0.1, 0.15) is 59.1 Å². The van der Waals surface area contributed by atoms with Crippen LogP contribution >= 0.6 is 0 Å². The van der Waals surface area contributed by atoms with Crippen LogP contribution in [0.3, 0.4) is 0 Å². The molecule has 2 heteroatoms. The number of aliphatic imine (C=N–C) groups is 2. The van der Waals surface area contributed by atoms with Gasteiger partial charge in [-0.05, 0) is 128 Å². The molecule has 2 heterocycles. The SMILES string of the molecule is C1=CC2=C(C=C(c3ccc(C4=Nc5cc6cc7c(cc6cc5C4)N=C(c4ccc(C5=CC6=C(C=CC6)C5)cc4)C7)cc3)C2)C1. The summed E-state index contributed by atoms with van der Waals surface area (Å²) < 4.78 is 0. The number of nitrogens with zero attached hydrogens (tertiary/aromatic N) is 2. The molecular formula is C42H30N2. The number of rotatable bonds is 4. The van der Waals surface area contributed by atoms with Gasteiger partial charge >= 0.3 is 0 Å². The molecule has 0 bridgehead atoms. The minimum atomic E-state index is 0.872. The lowest BCUT2D eigenvalue weighted by Gasteiger charge is -2.06. The first-order chi connectivity index (χ1) is 21.7. The van der Waals surface area contributed by atoms with Gasteiger partial charge in [-0.15, -0.1) is 0 Å². The fourth-order valence-corrected chi connectivity index (χ4v) is 7.81. The van der Waals surface area contributed by atoms with E-state index in [1.807, 2.05) is 0 Å². The van der Waals surface area contributed by atoms with E-state index in [9.17, 15) is 0 Å². The van der Waals surface area contributed by atoms with E-state index >= 15 is 0 Å². The maximum atomic E-state index is 5.11. The molecule has 10 rings (SSSR count). The molecule has 0 saturated heterocycles. The van der Waals surface area contributed by atoms with Crippen molar-refractivity contribution in [2.75, 3.05) is 0 Å². The summed E-state index contributed by atoms with van der Waals surface area (Å²) in [5.41, 5.74) is 21.1. The van der Waals surface area contributed by atoms with Crippen LogP contribution in [0.15, 0.2) is 142 Å². The van der Waals surface area contributed by atoms with Crippen LogP contribution in [0.4, 0.5) is 11.4 Å². The van der Waals surface area contributed by atoms with Crippen LogP contribution in [-0.2, 0) is 12.8 Å². The van der Waals surface area contributed by atoms with Crippen molar-refractivity contribution >= 4 is 44.7 Å². The Kier molecular flexibility index (Phi) is 5.10. The predicted molar refractivity (Wildman–Crippen MR) is 183 cm³/mol. The molecule has 2 nitrogen and oxygen atoms in total. The second kappa shape index (κ2) is 9.21. The highest BCUT2D eigenvalue weighted by molar-refractivity contribution is 6.10. The Morgan fingerprint density at radius 3 is 1.30 bits per heavy atom. The van der Waals surface area contributed by atoms with E-state index < -0.39 is 0 Å². The van der Waals surface area contributed by atoms with Crippen LogP contribution < -0.4 is 0 Å². The summed E-state index contributed by atoms with van der Waals surface area (Å²) in [5, 5.41) is 2.50. The maximum absolute atomic E-state index is 5.11.